The second-order valence-electron chi connectivity index (χ2n) is 6.74. The Kier molecular flexibility index (Phi) is 7.18. The lowest BCUT2D eigenvalue weighted by Crippen LogP contribution is -2.53. The number of carbonyl (C=O) groups is 3. The Bertz CT molecular complexity index is 663. The van der Waals surface area contributed by atoms with Gasteiger partial charge in [-0.05, 0) is 17.9 Å². The van der Waals surface area contributed by atoms with Gasteiger partial charge in [0.05, 0.1) is 0 Å². The van der Waals surface area contributed by atoms with E-state index in [0.717, 1.165) is 5.56 Å². The monoisotopic (exact) mass is 378 g/mol. The molecule has 8 heteroatoms. The molecule has 0 aromatic heterocycles. The summed E-state index contributed by atoms with van der Waals surface area (Å²) in [5.74, 6) is -1.07. The highest BCUT2D eigenvalue weighted by Crippen LogP contribution is 2.25. The minimum Gasteiger partial charge on any atom is -0.465 e. The molecule has 1 heterocycles. The first-order valence-electron chi connectivity index (χ1n) is 8.98. The van der Waals surface area contributed by atoms with E-state index in [-0.39, 0.29) is 19.1 Å². The third kappa shape index (κ3) is 5.43. The molecule has 8 nitrogen and oxygen atoms in total. The van der Waals surface area contributed by atoms with Crippen LogP contribution in [0.5, 0.6) is 0 Å². The van der Waals surface area contributed by atoms with Crippen LogP contribution in [0.4, 0.5) is 4.79 Å². The fourth-order valence-corrected chi connectivity index (χ4v) is 2.95. The van der Waals surface area contributed by atoms with Crippen molar-refractivity contribution in [2.75, 3.05) is 6.73 Å². The van der Waals surface area contributed by atoms with Gasteiger partial charge in [-0.3, -0.25) is 9.59 Å². The molecule has 1 aliphatic heterocycles. The molecule has 0 aliphatic carbocycles. The molecule has 1 fully saturated rings. The van der Waals surface area contributed by atoms with Gasteiger partial charge in [-0.1, -0.05) is 51.1 Å². The number of nitrogens with one attached hydrogen (secondary N) is 1. The molecule has 1 saturated heterocycles. The smallest absolute Gasteiger partial charge is 0.405 e. The Morgan fingerprint density at radius 1 is 1.30 bits per heavy atom. The Balaban J connectivity index is 2.24. The fourth-order valence-electron chi connectivity index (χ4n) is 2.95. The van der Waals surface area contributed by atoms with E-state index in [1.165, 1.54) is 4.90 Å². The maximum Gasteiger partial charge on any atom is 0.405 e. The first-order valence-corrected chi connectivity index (χ1v) is 8.98. The molecule has 1 aromatic rings. The summed E-state index contributed by atoms with van der Waals surface area (Å²) >= 11 is 0. The fraction of sp³-hybridized carbons (Fsp3) is 0.526. The number of ether oxygens (including phenoxy) is 2. The van der Waals surface area contributed by atoms with E-state index >= 15 is 0 Å². The Morgan fingerprint density at radius 3 is 2.52 bits per heavy atom. The maximum absolute atomic E-state index is 13.0. The number of nitrogens with zero attached hydrogens (tertiary/aromatic N) is 1. The van der Waals surface area contributed by atoms with Crippen molar-refractivity contribution in [3.63, 3.8) is 0 Å². The number of hydrogen-bond acceptors (Lipinski definition) is 5. The first-order chi connectivity index (χ1) is 12.8. The van der Waals surface area contributed by atoms with E-state index in [4.69, 9.17) is 14.6 Å². The van der Waals surface area contributed by atoms with Crippen LogP contribution in [0.15, 0.2) is 30.3 Å². The van der Waals surface area contributed by atoms with Gasteiger partial charge in [0.2, 0.25) is 12.2 Å². The quantitative estimate of drug-likeness (QED) is 0.703. The zero-order valence-corrected chi connectivity index (χ0v) is 15.8. The Labute approximate surface area is 158 Å². The van der Waals surface area contributed by atoms with Gasteiger partial charge in [0.15, 0.2) is 0 Å². The van der Waals surface area contributed by atoms with E-state index in [0.29, 0.717) is 6.42 Å². The van der Waals surface area contributed by atoms with Crippen molar-refractivity contribution in [1.82, 2.24) is 10.2 Å². The highest BCUT2D eigenvalue weighted by atomic mass is 16.7. The summed E-state index contributed by atoms with van der Waals surface area (Å²) < 4.78 is 10.9. The van der Waals surface area contributed by atoms with E-state index in [2.05, 4.69) is 5.32 Å². The number of esters is 1. The van der Waals surface area contributed by atoms with Gasteiger partial charge in [-0.15, -0.1) is 0 Å². The highest BCUT2D eigenvalue weighted by molar-refractivity contribution is 5.86. The zero-order valence-electron chi connectivity index (χ0n) is 15.8. The number of benzene rings is 1. The van der Waals surface area contributed by atoms with Gasteiger partial charge >= 0.3 is 12.1 Å². The van der Waals surface area contributed by atoms with Crippen LogP contribution < -0.4 is 5.32 Å². The molecule has 3 unspecified atom stereocenters. The molecule has 3 atom stereocenters. The summed E-state index contributed by atoms with van der Waals surface area (Å²) in [4.78, 5) is 37.3. The average Bonchev–Trinajstić information content (AvgIpc) is 3.01. The molecule has 148 valence electrons. The SMILES string of the molecule is CCC(=O)OC1OCN(C(=O)C(NC(=O)O)C(C)C)C1Cc1ccccc1. The number of rotatable bonds is 7. The average molecular weight is 378 g/mol. The predicted molar refractivity (Wildman–Crippen MR) is 96.7 cm³/mol. The van der Waals surface area contributed by atoms with Crippen molar-refractivity contribution in [2.24, 2.45) is 5.92 Å². The van der Waals surface area contributed by atoms with Crippen LogP contribution in [-0.2, 0) is 25.5 Å². The van der Waals surface area contributed by atoms with Crippen LogP contribution in [-0.4, -0.2) is 53.1 Å². The Morgan fingerprint density at radius 2 is 1.96 bits per heavy atom. The molecule has 0 bridgehead atoms. The lowest BCUT2D eigenvalue weighted by molar-refractivity contribution is -0.171. The van der Waals surface area contributed by atoms with Crippen molar-refractivity contribution in [2.45, 2.75) is 52.0 Å². The minimum atomic E-state index is -1.27. The topological polar surface area (TPSA) is 105 Å². The molecule has 0 spiro atoms. The third-order valence-electron chi connectivity index (χ3n) is 4.41. The summed E-state index contributed by atoms with van der Waals surface area (Å²) in [6.07, 6.45) is -1.54. The lowest BCUT2D eigenvalue weighted by atomic mass is 10.0. The third-order valence-corrected chi connectivity index (χ3v) is 4.41. The van der Waals surface area contributed by atoms with Gasteiger partial charge in [-0.2, -0.15) is 0 Å². The van der Waals surface area contributed by atoms with Crippen LogP contribution in [0.25, 0.3) is 0 Å². The number of carbonyl (C=O) groups excluding carboxylic acids is 2. The van der Waals surface area contributed by atoms with Crippen molar-refractivity contribution in [3.8, 4) is 0 Å². The molecule has 27 heavy (non-hydrogen) atoms. The molecular formula is C19H26N2O6. The van der Waals surface area contributed by atoms with Gasteiger partial charge in [-0.25, -0.2) is 4.79 Å². The summed E-state index contributed by atoms with van der Waals surface area (Å²) in [5.41, 5.74) is 0.954. The van der Waals surface area contributed by atoms with Crippen LogP contribution in [0.3, 0.4) is 0 Å². The number of amides is 2. The van der Waals surface area contributed by atoms with Gasteiger partial charge in [0.25, 0.3) is 0 Å². The summed E-state index contributed by atoms with van der Waals surface area (Å²) in [5, 5.41) is 11.3. The second-order valence-corrected chi connectivity index (χ2v) is 6.74. The molecule has 2 rings (SSSR count). The summed E-state index contributed by atoms with van der Waals surface area (Å²) in [6, 6.07) is 8.03. The number of hydrogen-bond donors (Lipinski definition) is 2. The van der Waals surface area contributed by atoms with E-state index in [1.807, 2.05) is 30.3 Å². The van der Waals surface area contributed by atoms with E-state index in [9.17, 15) is 14.4 Å². The molecule has 0 radical (unpaired) electrons. The molecular weight excluding hydrogens is 352 g/mol. The van der Waals surface area contributed by atoms with Gasteiger partial charge < -0.3 is 24.8 Å². The molecule has 2 amide bonds. The minimum absolute atomic E-state index is 0.0670. The highest BCUT2D eigenvalue weighted by Gasteiger charge is 2.43. The van der Waals surface area contributed by atoms with Crippen LogP contribution in [0.2, 0.25) is 0 Å². The summed E-state index contributed by atoms with van der Waals surface area (Å²) in [6.45, 7) is 5.13. The zero-order chi connectivity index (χ0) is 20.0. The van der Waals surface area contributed by atoms with E-state index in [1.54, 1.807) is 20.8 Å². The van der Waals surface area contributed by atoms with Gasteiger partial charge in [0, 0.05) is 6.42 Å². The molecule has 1 aromatic carbocycles. The first kappa shape index (κ1) is 20.7. The summed E-state index contributed by atoms with van der Waals surface area (Å²) in [7, 11) is 0. The normalized spacial score (nSPS) is 20.4. The van der Waals surface area contributed by atoms with Crippen molar-refractivity contribution >= 4 is 18.0 Å². The van der Waals surface area contributed by atoms with Crippen LogP contribution in [0.1, 0.15) is 32.8 Å². The van der Waals surface area contributed by atoms with Crippen LogP contribution in [0, 0.1) is 5.92 Å². The number of carboxylic acid groups (broad SMARTS) is 1. The van der Waals surface area contributed by atoms with Gasteiger partial charge in [0.1, 0.15) is 18.8 Å². The standard InChI is InChI=1S/C19H26N2O6/c1-4-15(22)27-18-14(10-13-8-6-5-7-9-13)21(11-26-18)17(23)16(12(2)3)20-19(24)25/h5-9,12,14,16,18,20H,4,10-11H2,1-3H3,(H,24,25). The van der Waals surface area contributed by atoms with E-state index < -0.39 is 36.3 Å². The van der Waals surface area contributed by atoms with Crippen LogP contribution >= 0.6 is 0 Å². The molecule has 1 aliphatic rings. The maximum atomic E-state index is 13.0. The van der Waals surface area contributed by atoms with Crippen molar-refractivity contribution in [3.05, 3.63) is 35.9 Å². The predicted octanol–water partition coefficient (Wildman–Crippen LogP) is 1.99. The lowest BCUT2D eigenvalue weighted by Gasteiger charge is -2.30. The molecule has 0 saturated carbocycles. The van der Waals surface area contributed by atoms with Crippen molar-refractivity contribution in [1.29, 1.82) is 0 Å². The largest absolute Gasteiger partial charge is 0.465 e. The molecule has 2 N–H and O–H groups in total. The van der Waals surface area contributed by atoms with Crippen molar-refractivity contribution < 1.29 is 29.0 Å². The Hall–Kier alpha value is -2.61. The second kappa shape index (κ2) is 9.36.